The maximum absolute atomic E-state index is 3.62. The third kappa shape index (κ3) is 7.34. The highest BCUT2D eigenvalue weighted by Gasteiger charge is 2.10. The van der Waals surface area contributed by atoms with Crippen LogP contribution >= 0.6 is 0 Å². The second-order valence-corrected chi connectivity index (χ2v) is 4.49. The fourth-order valence-electron chi connectivity index (χ4n) is 1.49. The minimum atomic E-state index is 0.491. The minimum Gasteiger partial charge on any atom is -0.300 e. The lowest BCUT2D eigenvalue weighted by Crippen LogP contribution is -2.48. The molecule has 2 heteroatoms. The van der Waals surface area contributed by atoms with E-state index in [-0.39, 0.29) is 0 Å². The van der Waals surface area contributed by atoms with Gasteiger partial charge in [-0.3, -0.25) is 10.6 Å². The molecular formula is C12H28N2. The lowest BCUT2D eigenvalue weighted by Gasteiger charge is -2.25. The third-order valence-corrected chi connectivity index (χ3v) is 2.48. The molecule has 2 unspecified atom stereocenters. The highest BCUT2D eigenvalue weighted by molar-refractivity contribution is 4.70. The molecule has 0 heterocycles. The van der Waals surface area contributed by atoms with Crippen LogP contribution < -0.4 is 10.6 Å². The molecule has 0 aromatic carbocycles. The fourth-order valence-corrected chi connectivity index (χ4v) is 1.49. The Morgan fingerprint density at radius 2 is 1.64 bits per heavy atom. The van der Waals surface area contributed by atoms with Crippen LogP contribution in [0.15, 0.2) is 0 Å². The summed E-state index contributed by atoms with van der Waals surface area (Å²) in [6.45, 7) is 11.1. The van der Waals surface area contributed by atoms with Crippen LogP contribution in [0.2, 0.25) is 0 Å². The van der Waals surface area contributed by atoms with E-state index in [1.165, 1.54) is 25.7 Å². The number of rotatable bonds is 8. The number of hydrogen-bond donors (Lipinski definition) is 2. The normalized spacial score (nSPS) is 15.9. The molecule has 86 valence electrons. The van der Waals surface area contributed by atoms with Gasteiger partial charge in [0.05, 0.1) is 6.17 Å². The van der Waals surface area contributed by atoms with E-state index in [0.717, 1.165) is 0 Å². The molecule has 2 atom stereocenters. The third-order valence-electron chi connectivity index (χ3n) is 2.48. The Morgan fingerprint density at radius 3 is 2.07 bits per heavy atom. The van der Waals surface area contributed by atoms with E-state index in [2.05, 4.69) is 45.3 Å². The highest BCUT2D eigenvalue weighted by atomic mass is 15.1. The highest BCUT2D eigenvalue weighted by Crippen LogP contribution is 2.01. The molecule has 0 saturated heterocycles. The van der Waals surface area contributed by atoms with Crippen molar-refractivity contribution < 1.29 is 0 Å². The smallest absolute Gasteiger partial charge is 0.0575 e. The summed E-state index contributed by atoms with van der Waals surface area (Å²) in [6.07, 6.45) is 5.50. The van der Waals surface area contributed by atoms with Crippen molar-refractivity contribution in [3.8, 4) is 0 Å². The van der Waals surface area contributed by atoms with E-state index in [4.69, 9.17) is 0 Å². The van der Waals surface area contributed by atoms with Gasteiger partial charge in [0.1, 0.15) is 0 Å². The van der Waals surface area contributed by atoms with Gasteiger partial charge in [0.2, 0.25) is 0 Å². The van der Waals surface area contributed by atoms with Crippen LogP contribution in [-0.2, 0) is 0 Å². The van der Waals surface area contributed by atoms with Crippen LogP contribution in [0.5, 0.6) is 0 Å². The summed E-state index contributed by atoms with van der Waals surface area (Å²) in [5.41, 5.74) is 0. The second-order valence-electron chi connectivity index (χ2n) is 4.49. The van der Waals surface area contributed by atoms with Crippen LogP contribution in [0, 0.1) is 0 Å². The van der Waals surface area contributed by atoms with Crippen molar-refractivity contribution in [3.63, 3.8) is 0 Å². The van der Waals surface area contributed by atoms with Crippen molar-refractivity contribution in [2.75, 3.05) is 0 Å². The quantitative estimate of drug-likeness (QED) is 0.589. The monoisotopic (exact) mass is 200 g/mol. The van der Waals surface area contributed by atoms with E-state index in [0.29, 0.717) is 18.2 Å². The molecule has 0 spiro atoms. The molecule has 0 radical (unpaired) electrons. The van der Waals surface area contributed by atoms with Gasteiger partial charge in [-0.2, -0.15) is 0 Å². The van der Waals surface area contributed by atoms with Gasteiger partial charge in [0, 0.05) is 12.1 Å². The van der Waals surface area contributed by atoms with Gasteiger partial charge in [0.25, 0.3) is 0 Å². The van der Waals surface area contributed by atoms with E-state index in [1.807, 2.05) is 0 Å². The largest absolute Gasteiger partial charge is 0.300 e. The lowest BCUT2D eigenvalue weighted by atomic mass is 10.1. The van der Waals surface area contributed by atoms with E-state index < -0.39 is 0 Å². The van der Waals surface area contributed by atoms with Crippen LogP contribution in [0.1, 0.15) is 60.3 Å². The van der Waals surface area contributed by atoms with Gasteiger partial charge >= 0.3 is 0 Å². The minimum absolute atomic E-state index is 0.491. The maximum Gasteiger partial charge on any atom is 0.0575 e. The van der Waals surface area contributed by atoms with Gasteiger partial charge < -0.3 is 0 Å². The molecule has 2 N–H and O–H groups in total. The molecule has 0 aromatic rings. The molecule has 0 bridgehead atoms. The van der Waals surface area contributed by atoms with Crippen molar-refractivity contribution in [1.82, 2.24) is 10.6 Å². The number of unbranched alkanes of at least 4 members (excludes halogenated alkanes) is 1. The first-order valence-electron chi connectivity index (χ1n) is 6.12. The van der Waals surface area contributed by atoms with Crippen molar-refractivity contribution in [2.45, 2.75) is 78.6 Å². The Balaban J connectivity index is 3.83. The summed E-state index contributed by atoms with van der Waals surface area (Å²) >= 11 is 0. The SMILES string of the molecule is CCCCC(NC(C)C)NC(C)CC. The van der Waals surface area contributed by atoms with Crippen molar-refractivity contribution in [2.24, 2.45) is 0 Å². The number of hydrogen-bond acceptors (Lipinski definition) is 2. The topological polar surface area (TPSA) is 24.1 Å². The standard InChI is InChI=1S/C12H28N2/c1-6-8-9-12(13-10(3)4)14-11(5)7-2/h10-14H,6-9H2,1-5H3. The summed E-state index contributed by atoms with van der Waals surface area (Å²) in [5.74, 6) is 0. The average molecular weight is 200 g/mol. The zero-order valence-electron chi connectivity index (χ0n) is 10.6. The van der Waals surface area contributed by atoms with Gasteiger partial charge in [-0.25, -0.2) is 0 Å². The Hall–Kier alpha value is -0.0800. The van der Waals surface area contributed by atoms with Crippen molar-refractivity contribution >= 4 is 0 Å². The zero-order chi connectivity index (χ0) is 11.0. The molecule has 0 aromatic heterocycles. The zero-order valence-corrected chi connectivity index (χ0v) is 10.6. The van der Waals surface area contributed by atoms with Gasteiger partial charge in [0.15, 0.2) is 0 Å². The molecule has 0 aliphatic heterocycles. The first-order valence-corrected chi connectivity index (χ1v) is 6.12. The average Bonchev–Trinajstić information content (AvgIpc) is 2.13. The Bertz CT molecular complexity index is 123. The summed E-state index contributed by atoms with van der Waals surface area (Å²) in [4.78, 5) is 0. The lowest BCUT2D eigenvalue weighted by molar-refractivity contribution is 0.330. The molecule has 14 heavy (non-hydrogen) atoms. The maximum atomic E-state index is 3.62. The first-order chi connectivity index (χ1) is 6.60. The summed E-state index contributed by atoms with van der Waals surface area (Å²) < 4.78 is 0. The molecular weight excluding hydrogens is 172 g/mol. The Kier molecular flexibility index (Phi) is 8.20. The summed E-state index contributed by atoms with van der Waals surface area (Å²) in [5, 5.41) is 7.19. The molecule has 0 rings (SSSR count). The Labute approximate surface area is 89.9 Å². The van der Waals surface area contributed by atoms with E-state index >= 15 is 0 Å². The molecule has 0 aliphatic rings. The van der Waals surface area contributed by atoms with Crippen molar-refractivity contribution in [1.29, 1.82) is 0 Å². The summed E-state index contributed by atoms with van der Waals surface area (Å²) in [6, 6.07) is 1.18. The van der Waals surface area contributed by atoms with Crippen molar-refractivity contribution in [3.05, 3.63) is 0 Å². The van der Waals surface area contributed by atoms with Gasteiger partial charge in [-0.05, 0) is 33.6 Å². The van der Waals surface area contributed by atoms with Gasteiger partial charge in [-0.1, -0.05) is 26.7 Å². The van der Waals surface area contributed by atoms with Crippen LogP contribution in [0.3, 0.4) is 0 Å². The van der Waals surface area contributed by atoms with Crippen LogP contribution in [0.25, 0.3) is 0 Å². The first kappa shape index (κ1) is 13.9. The van der Waals surface area contributed by atoms with Gasteiger partial charge in [-0.15, -0.1) is 0 Å². The van der Waals surface area contributed by atoms with E-state index in [1.54, 1.807) is 0 Å². The van der Waals surface area contributed by atoms with Crippen LogP contribution in [-0.4, -0.2) is 18.2 Å². The molecule has 0 saturated carbocycles. The number of nitrogens with one attached hydrogen (secondary N) is 2. The van der Waals surface area contributed by atoms with Crippen LogP contribution in [0.4, 0.5) is 0 Å². The summed E-state index contributed by atoms with van der Waals surface area (Å²) in [7, 11) is 0. The molecule has 0 fully saturated rings. The van der Waals surface area contributed by atoms with E-state index in [9.17, 15) is 0 Å². The predicted octanol–water partition coefficient (Wildman–Crippen LogP) is 2.89. The molecule has 2 nitrogen and oxygen atoms in total. The fraction of sp³-hybridized carbons (Fsp3) is 1.00. The predicted molar refractivity (Wildman–Crippen MR) is 64.5 cm³/mol. The Morgan fingerprint density at radius 1 is 1.00 bits per heavy atom. The molecule has 0 amide bonds. The second kappa shape index (κ2) is 8.25. The molecule has 0 aliphatic carbocycles.